The molecule has 1 aromatic rings. The summed E-state index contributed by atoms with van der Waals surface area (Å²) in [4.78, 5) is 22.7. The molecule has 0 saturated carbocycles. The van der Waals surface area contributed by atoms with E-state index in [-0.39, 0.29) is 0 Å². The summed E-state index contributed by atoms with van der Waals surface area (Å²) >= 11 is 3.23. The average Bonchev–Trinajstić information content (AvgIpc) is 2.40. The maximum atomic E-state index is 11.7. The summed E-state index contributed by atoms with van der Waals surface area (Å²) in [5.41, 5.74) is 0.916. The first-order chi connectivity index (χ1) is 9.47. The Morgan fingerprint density at radius 2 is 2.20 bits per heavy atom. The maximum Gasteiger partial charge on any atom is 0.326 e. The van der Waals surface area contributed by atoms with Crippen LogP contribution in [0.25, 0.3) is 0 Å². The van der Waals surface area contributed by atoms with E-state index < -0.39 is 18.0 Å². The summed E-state index contributed by atoms with van der Waals surface area (Å²) in [6.45, 7) is 1.84. The largest absolute Gasteiger partial charge is 0.480 e. The zero-order valence-corrected chi connectivity index (χ0v) is 12.4. The topological polar surface area (TPSA) is 102 Å². The molecule has 0 spiro atoms. The van der Waals surface area contributed by atoms with Crippen molar-refractivity contribution in [2.45, 2.75) is 25.8 Å². The normalized spacial score (nSPS) is 11.2. The Morgan fingerprint density at radius 1 is 1.50 bits per heavy atom. The molecule has 0 bridgehead atoms. The van der Waals surface area contributed by atoms with Gasteiger partial charge in [0.1, 0.15) is 6.04 Å². The molecule has 3 N–H and O–H groups in total. The number of carboxylic acids is 1. The van der Waals surface area contributed by atoms with E-state index >= 15 is 0 Å². The van der Waals surface area contributed by atoms with E-state index in [1.54, 1.807) is 18.2 Å². The van der Waals surface area contributed by atoms with Gasteiger partial charge in [0.05, 0.1) is 17.3 Å². The summed E-state index contributed by atoms with van der Waals surface area (Å²) < 4.78 is 0.550. The third-order valence-corrected chi connectivity index (χ3v) is 3.18. The fourth-order valence-electron chi connectivity index (χ4n) is 1.55. The number of benzene rings is 1. The number of halogens is 1. The standard InChI is InChI=1S/C13H14BrN3O3/c1-2-3-11(12(18)19)17-13(20)16-10-5-4-8(7-15)6-9(10)14/h4-6,11H,2-3H2,1H3,(H,18,19)(H2,16,17,20)/t11-/m0/s1. The van der Waals surface area contributed by atoms with Crippen LogP contribution in [0.3, 0.4) is 0 Å². The average molecular weight is 340 g/mol. The van der Waals surface area contributed by atoms with Gasteiger partial charge in [0.25, 0.3) is 0 Å². The fourth-order valence-corrected chi connectivity index (χ4v) is 2.03. The number of urea groups is 1. The third kappa shape index (κ3) is 4.55. The van der Waals surface area contributed by atoms with Crippen molar-refractivity contribution in [1.29, 1.82) is 5.26 Å². The highest BCUT2D eigenvalue weighted by Crippen LogP contribution is 2.23. The van der Waals surface area contributed by atoms with Gasteiger partial charge < -0.3 is 15.7 Å². The minimum Gasteiger partial charge on any atom is -0.480 e. The molecule has 6 nitrogen and oxygen atoms in total. The molecule has 0 aliphatic heterocycles. The summed E-state index contributed by atoms with van der Waals surface area (Å²) in [6.07, 6.45) is 1.01. The number of nitrogens with one attached hydrogen (secondary N) is 2. The third-order valence-electron chi connectivity index (χ3n) is 2.53. The lowest BCUT2D eigenvalue weighted by atomic mass is 10.2. The van der Waals surface area contributed by atoms with Gasteiger partial charge in [-0.3, -0.25) is 0 Å². The van der Waals surface area contributed by atoms with Crippen LogP contribution in [0.5, 0.6) is 0 Å². The van der Waals surface area contributed by atoms with Crippen LogP contribution < -0.4 is 10.6 Å². The van der Waals surface area contributed by atoms with Gasteiger partial charge in [-0.05, 0) is 40.5 Å². The van der Waals surface area contributed by atoms with E-state index in [4.69, 9.17) is 10.4 Å². The monoisotopic (exact) mass is 339 g/mol. The van der Waals surface area contributed by atoms with Crippen molar-refractivity contribution in [3.05, 3.63) is 28.2 Å². The molecule has 0 heterocycles. The number of carbonyl (C=O) groups excluding carboxylic acids is 1. The van der Waals surface area contributed by atoms with Crippen LogP contribution in [0.2, 0.25) is 0 Å². The zero-order valence-electron chi connectivity index (χ0n) is 10.8. The number of carboxylic acid groups (broad SMARTS) is 1. The lowest BCUT2D eigenvalue weighted by molar-refractivity contribution is -0.139. The Labute approximate surface area is 124 Å². The molecule has 0 unspecified atom stereocenters. The minimum absolute atomic E-state index is 0.358. The zero-order chi connectivity index (χ0) is 15.1. The van der Waals surface area contributed by atoms with E-state index in [1.807, 2.05) is 13.0 Å². The van der Waals surface area contributed by atoms with Gasteiger partial charge in [-0.25, -0.2) is 9.59 Å². The van der Waals surface area contributed by atoms with Crippen LogP contribution >= 0.6 is 15.9 Å². The number of hydrogen-bond acceptors (Lipinski definition) is 3. The molecule has 1 aromatic carbocycles. The van der Waals surface area contributed by atoms with E-state index in [1.165, 1.54) is 0 Å². The minimum atomic E-state index is -1.07. The Bertz CT molecular complexity index is 554. The summed E-state index contributed by atoms with van der Waals surface area (Å²) in [7, 11) is 0. The molecular weight excluding hydrogens is 326 g/mol. The van der Waals surface area contributed by atoms with Crippen molar-refractivity contribution >= 4 is 33.6 Å². The van der Waals surface area contributed by atoms with Crippen LogP contribution in [0.4, 0.5) is 10.5 Å². The molecule has 0 saturated heterocycles. The van der Waals surface area contributed by atoms with Gasteiger partial charge in [0.2, 0.25) is 0 Å². The number of anilines is 1. The Balaban J connectivity index is 2.71. The SMILES string of the molecule is CCC[C@H](NC(=O)Nc1ccc(C#N)cc1Br)C(=O)O. The molecule has 1 rings (SSSR count). The Kier molecular flexibility index (Phi) is 6.00. The molecule has 0 aromatic heterocycles. The van der Waals surface area contributed by atoms with Gasteiger partial charge in [-0.1, -0.05) is 13.3 Å². The first kappa shape index (κ1) is 16.0. The first-order valence-electron chi connectivity index (χ1n) is 5.98. The first-order valence-corrected chi connectivity index (χ1v) is 6.77. The number of carbonyl (C=O) groups is 2. The van der Waals surface area contributed by atoms with Crippen molar-refractivity contribution in [3.8, 4) is 6.07 Å². The number of aliphatic carboxylic acids is 1. The van der Waals surface area contributed by atoms with E-state index in [9.17, 15) is 9.59 Å². The molecule has 106 valence electrons. The Morgan fingerprint density at radius 3 is 2.70 bits per heavy atom. The number of nitrogens with zero attached hydrogens (tertiary/aromatic N) is 1. The summed E-state index contributed by atoms with van der Waals surface area (Å²) in [6, 6.07) is 5.15. The second kappa shape index (κ2) is 7.50. The van der Waals surface area contributed by atoms with Gasteiger partial charge in [-0.15, -0.1) is 0 Å². The predicted octanol–water partition coefficient (Wildman–Crippen LogP) is 2.70. The van der Waals surface area contributed by atoms with Gasteiger partial charge >= 0.3 is 12.0 Å². The van der Waals surface area contributed by atoms with Crippen molar-refractivity contribution in [2.24, 2.45) is 0 Å². The van der Waals surface area contributed by atoms with Gasteiger partial charge in [0.15, 0.2) is 0 Å². The molecule has 0 fully saturated rings. The van der Waals surface area contributed by atoms with E-state index in [0.29, 0.717) is 28.6 Å². The van der Waals surface area contributed by atoms with Crippen LogP contribution in [0.15, 0.2) is 22.7 Å². The van der Waals surface area contributed by atoms with E-state index in [2.05, 4.69) is 26.6 Å². The predicted molar refractivity (Wildman–Crippen MR) is 77.3 cm³/mol. The lowest BCUT2D eigenvalue weighted by Gasteiger charge is -2.15. The molecule has 20 heavy (non-hydrogen) atoms. The van der Waals surface area contributed by atoms with Crippen molar-refractivity contribution in [1.82, 2.24) is 5.32 Å². The number of hydrogen-bond donors (Lipinski definition) is 3. The number of nitriles is 1. The highest BCUT2D eigenvalue weighted by Gasteiger charge is 2.19. The van der Waals surface area contributed by atoms with Crippen LogP contribution in [-0.2, 0) is 4.79 Å². The summed E-state index contributed by atoms with van der Waals surface area (Å²) in [5, 5.41) is 22.6. The van der Waals surface area contributed by atoms with Crippen molar-refractivity contribution < 1.29 is 14.7 Å². The molecule has 1 atom stereocenters. The Hall–Kier alpha value is -2.07. The second-order valence-corrected chi connectivity index (χ2v) is 4.94. The summed E-state index contributed by atoms with van der Waals surface area (Å²) in [5.74, 6) is -1.07. The number of rotatable bonds is 5. The van der Waals surface area contributed by atoms with Crippen LogP contribution in [0.1, 0.15) is 25.3 Å². The molecule has 2 amide bonds. The highest BCUT2D eigenvalue weighted by molar-refractivity contribution is 9.10. The second-order valence-electron chi connectivity index (χ2n) is 4.08. The molecule has 7 heteroatoms. The maximum absolute atomic E-state index is 11.7. The van der Waals surface area contributed by atoms with E-state index in [0.717, 1.165) is 0 Å². The van der Waals surface area contributed by atoms with Crippen LogP contribution in [-0.4, -0.2) is 23.1 Å². The molecule has 0 aliphatic rings. The van der Waals surface area contributed by atoms with Crippen molar-refractivity contribution in [3.63, 3.8) is 0 Å². The van der Waals surface area contributed by atoms with Gasteiger partial charge in [0, 0.05) is 4.47 Å². The van der Waals surface area contributed by atoms with Crippen molar-refractivity contribution in [2.75, 3.05) is 5.32 Å². The molecular formula is C13H14BrN3O3. The lowest BCUT2D eigenvalue weighted by Crippen LogP contribution is -2.42. The molecule has 0 radical (unpaired) electrons. The van der Waals surface area contributed by atoms with Crippen LogP contribution in [0, 0.1) is 11.3 Å². The van der Waals surface area contributed by atoms with Gasteiger partial charge in [-0.2, -0.15) is 5.26 Å². The molecule has 0 aliphatic carbocycles. The fraction of sp³-hybridized carbons (Fsp3) is 0.308. The highest BCUT2D eigenvalue weighted by atomic mass is 79.9. The number of amides is 2. The smallest absolute Gasteiger partial charge is 0.326 e. The quantitative estimate of drug-likeness (QED) is 0.767.